The number of amides is 4. The fraction of sp³-hybridized carbons (Fsp3) is 0.207. The molecule has 5 rings (SSSR count). The maximum atomic E-state index is 13.8. The fourth-order valence-electron chi connectivity index (χ4n) is 4.81. The molecular formula is C29H28N4O3. The lowest BCUT2D eigenvalue weighted by Gasteiger charge is -2.28. The van der Waals surface area contributed by atoms with Crippen molar-refractivity contribution in [1.82, 2.24) is 20.5 Å². The number of aromatic nitrogens is 1. The Bertz CT molecular complexity index is 1460. The first-order chi connectivity index (χ1) is 17.4. The zero-order valence-electron chi connectivity index (χ0n) is 20.3. The molecule has 7 heteroatoms. The molecule has 4 aromatic rings. The van der Waals surface area contributed by atoms with Crippen LogP contribution in [0, 0.1) is 13.8 Å². The molecule has 0 unspecified atom stereocenters. The molecule has 0 saturated carbocycles. The molecule has 2 heterocycles. The number of nitrogens with zero attached hydrogens (tertiary/aromatic N) is 1. The van der Waals surface area contributed by atoms with Gasteiger partial charge in [-0.25, -0.2) is 4.79 Å². The van der Waals surface area contributed by atoms with Crippen LogP contribution >= 0.6 is 0 Å². The van der Waals surface area contributed by atoms with Crippen LogP contribution in [-0.2, 0) is 21.5 Å². The van der Waals surface area contributed by atoms with Crippen molar-refractivity contribution in [2.45, 2.75) is 25.8 Å². The van der Waals surface area contributed by atoms with Gasteiger partial charge < -0.3 is 15.6 Å². The molecule has 1 fully saturated rings. The smallest absolute Gasteiger partial charge is 0.326 e. The summed E-state index contributed by atoms with van der Waals surface area (Å²) in [5.41, 5.74) is 4.16. The van der Waals surface area contributed by atoms with Gasteiger partial charge >= 0.3 is 6.03 Å². The van der Waals surface area contributed by atoms with Gasteiger partial charge in [-0.05, 0) is 54.2 Å². The summed E-state index contributed by atoms with van der Waals surface area (Å²) in [5.74, 6) is -0.851. The highest BCUT2D eigenvalue weighted by Crippen LogP contribution is 2.36. The average Bonchev–Trinajstić information content (AvgIpc) is 3.41. The lowest BCUT2D eigenvalue weighted by atomic mass is 9.81. The molecule has 36 heavy (non-hydrogen) atoms. The van der Waals surface area contributed by atoms with Gasteiger partial charge in [0.05, 0.1) is 0 Å². The van der Waals surface area contributed by atoms with Crippen molar-refractivity contribution in [3.63, 3.8) is 0 Å². The molecule has 1 saturated heterocycles. The summed E-state index contributed by atoms with van der Waals surface area (Å²) in [6.07, 6.45) is 2.57. The number of aryl methyl sites for hydroxylation is 2. The first-order valence-electron chi connectivity index (χ1n) is 12.0. The van der Waals surface area contributed by atoms with E-state index < -0.39 is 17.5 Å². The number of hydrogen-bond donors (Lipinski definition) is 3. The fourth-order valence-corrected chi connectivity index (χ4v) is 4.81. The summed E-state index contributed by atoms with van der Waals surface area (Å²) in [6, 6.07) is 22.3. The first kappa shape index (κ1) is 23.4. The molecule has 1 aromatic heterocycles. The maximum Gasteiger partial charge on any atom is 0.326 e. The maximum absolute atomic E-state index is 13.8. The molecule has 0 aliphatic carbocycles. The van der Waals surface area contributed by atoms with Crippen molar-refractivity contribution in [2.75, 3.05) is 13.1 Å². The van der Waals surface area contributed by atoms with E-state index in [4.69, 9.17) is 0 Å². The Kier molecular flexibility index (Phi) is 6.06. The van der Waals surface area contributed by atoms with E-state index in [9.17, 15) is 14.4 Å². The number of fused-ring (bicyclic) bond motifs is 1. The topological polar surface area (TPSA) is 94.3 Å². The predicted octanol–water partition coefficient (Wildman–Crippen LogP) is 3.94. The zero-order valence-corrected chi connectivity index (χ0v) is 20.3. The number of hydrogen-bond acceptors (Lipinski definition) is 3. The molecule has 7 nitrogen and oxygen atoms in total. The highest BCUT2D eigenvalue weighted by atomic mass is 16.2. The normalized spacial score (nSPS) is 17.4. The first-order valence-corrected chi connectivity index (χ1v) is 12.0. The van der Waals surface area contributed by atoms with Gasteiger partial charge in [0.2, 0.25) is 5.91 Å². The van der Waals surface area contributed by atoms with E-state index in [0.717, 1.165) is 32.5 Å². The van der Waals surface area contributed by atoms with Crippen molar-refractivity contribution in [1.29, 1.82) is 0 Å². The second-order valence-corrected chi connectivity index (χ2v) is 9.20. The Labute approximate surface area is 209 Å². The number of rotatable bonds is 7. The van der Waals surface area contributed by atoms with Gasteiger partial charge in [0.25, 0.3) is 5.91 Å². The molecule has 1 aliphatic rings. The third-order valence-electron chi connectivity index (χ3n) is 6.95. The molecule has 3 N–H and O–H groups in total. The minimum atomic E-state index is -1.39. The standard InChI is InChI=1S/C29H28N4O3/c1-19-12-13-23(16-20(19)2)29(22-8-4-3-5-9-22)27(35)33(28(36)32-29)18-26(34)30-15-14-21-17-31-25-11-7-6-10-24(21)25/h3-13,16-17,31H,14-15,18H2,1-2H3,(H,30,34)(H,32,36)/t29-/m0/s1. The monoisotopic (exact) mass is 480 g/mol. The van der Waals surface area contributed by atoms with Crippen LogP contribution in [-0.4, -0.2) is 40.8 Å². The molecule has 182 valence electrons. The summed E-state index contributed by atoms with van der Waals surface area (Å²) in [5, 5.41) is 6.87. The van der Waals surface area contributed by atoms with Gasteiger partial charge in [-0.2, -0.15) is 0 Å². The van der Waals surface area contributed by atoms with Crippen molar-refractivity contribution in [3.8, 4) is 0 Å². The summed E-state index contributed by atoms with van der Waals surface area (Å²) >= 11 is 0. The highest BCUT2D eigenvalue weighted by molar-refractivity contribution is 6.11. The molecule has 0 radical (unpaired) electrons. The number of aromatic amines is 1. The number of urea groups is 1. The molecule has 1 aliphatic heterocycles. The largest absolute Gasteiger partial charge is 0.361 e. The Hall–Kier alpha value is -4.39. The number of nitrogens with one attached hydrogen (secondary N) is 3. The Morgan fingerprint density at radius 2 is 1.67 bits per heavy atom. The van der Waals surface area contributed by atoms with Crippen LogP contribution < -0.4 is 10.6 Å². The molecule has 0 spiro atoms. The van der Waals surface area contributed by atoms with E-state index in [1.54, 1.807) is 0 Å². The van der Waals surface area contributed by atoms with Crippen molar-refractivity contribution >= 4 is 28.7 Å². The minimum Gasteiger partial charge on any atom is -0.361 e. The van der Waals surface area contributed by atoms with Crippen LogP contribution in [0.1, 0.15) is 27.8 Å². The van der Waals surface area contributed by atoms with Crippen molar-refractivity contribution < 1.29 is 14.4 Å². The van der Waals surface area contributed by atoms with Gasteiger partial charge in [0.1, 0.15) is 6.54 Å². The van der Waals surface area contributed by atoms with E-state index in [2.05, 4.69) is 15.6 Å². The lowest BCUT2D eigenvalue weighted by molar-refractivity contribution is -0.134. The summed E-state index contributed by atoms with van der Waals surface area (Å²) in [4.78, 5) is 43.9. The molecule has 4 amide bonds. The number of carbonyl (C=O) groups is 3. The van der Waals surface area contributed by atoms with Gasteiger partial charge in [-0.1, -0.05) is 66.7 Å². The van der Waals surface area contributed by atoms with Gasteiger partial charge in [-0.15, -0.1) is 0 Å². The zero-order chi connectivity index (χ0) is 25.3. The van der Waals surface area contributed by atoms with Crippen LogP contribution in [0.15, 0.2) is 79.0 Å². The SMILES string of the molecule is Cc1ccc([C@]2(c3ccccc3)NC(=O)N(CC(=O)NCCc3c[nH]c4ccccc34)C2=O)cc1C. The number of benzene rings is 3. The predicted molar refractivity (Wildman–Crippen MR) is 138 cm³/mol. The van der Waals surface area contributed by atoms with Crippen LogP contribution in [0.3, 0.4) is 0 Å². The summed E-state index contributed by atoms with van der Waals surface area (Å²) in [6.45, 7) is 4.01. The Morgan fingerprint density at radius 3 is 2.44 bits per heavy atom. The minimum absolute atomic E-state index is 0.349. The summed E-state index contributed by atoms with van der Waals surface area (Å²) in [7, 11) is 0. The Morgan fingerprint density at radius 1 is 0.917 bits per heavy atom. The van der Waals surface area contributed by atoms with Crippen LogP contribution in [0.2, 0.25) is 0 Å². The number of H-pyrrole nitrogens is 1. The number of imide groups is 1. The van der Waals surface area contributed by atoms with E-state index in [1.165, 1.54) is 0 Å². The van der Waals surface area contributed by atoms with Gasteiger partial charge in [0.15, 0.2) is 5.54 Å². The average molecular weight is 481 g/mol. The second kappa shape index (κ2) is 9.34. The number of para-hydroxylation sites is 1. The van der Waals surface area contributed by atoms with Gasteiger partial charge in [-0.3, -0.25) is 14.5 Å². The quantitative estimate of drug-likeness (QED) is 0.350. The molecular weight excluding hydrogens is 452 g/mol. The third kappa shape index (κ3) is 4.02. The highest BCUT2D eigenvalue weighted by Gasteiger charge is 2.54. The van der Waals surface area contributed by atoms with Gasteiger partial charge in [0, 0.05) is 23.6 Å². The second-order valence-electron chi connectivity index (χ2n) is 9.20. The van der Waals surface area contributed by atoms with Crippen LogP contribution in [0.4, 0.5) is 4.79 Å². The molecule has 0 bridgehead atoms. The van der Waals surface area contributed by atoms with E-state index in [1.807, 2.05) is 92.8 Å². The van der Waals surface area contributed by atoms with Crippen molar-refractivity contribution in [2.24, 2.45) is 0 Å². The third-order valence-corrected chi connectivity index (χ3v) is 6.95. The molecule has 3 aromatic carbocycles. The Balaban J connectivity index is 1.34. The summed E-state index contributed by atoms with van der Waals surface area (Å²) < 4.78 is 0. The van der Waals surface area contributed by atoms with Crippen molar-refractivity contribution in [3.05, 3.63) is 107 Å². The van der Waals surface area contributed by atoms with Crippen LogP contribution in [0.5, 0.6) is 0 Å². The van der Waals surface area contributed by atoms with Crippen LogP contribution in [0.25, 0.3) is 10.9 Å². The van der Waals surface area contributed by atoms with E-state index >= 15 is 0 Å². The van der Waals surface area contributed by atoms with E-state index in [-0.39, 0.29) is 12.5 Å². The van der Waals surface area contributed by atoms with E-state index in [0.29, 0.717) is 24.1 Å². The number of carbonyl (C=O) groups excluding carboxylic acids is 3. The lowest BCUT2D eigenvalue weighted by Crippen LogP contribution is -2.46. The molecule has 1 atom stereocenters.